The second-order valence-corrected chi connectivity index (χ2v) is 4.69. The van der Waals surface area contributed by atoms with Gasteiger partial charge in [-0.05, 0) is 37.1 Å². The normalized spacial score (nSPS) is 10.2. The summed E-state index contributed by atoms with van der Waals surface area (Å²) in [6, 6.07) is 13.5. The Labute approximate surface area is 112 Å². The molecule has 0 fully saturated rings. The van der Waals surface area contributed by atoms with Gasteiger partial charge in [0.05, 0.1) is 5.56 Å². The number of carbonyl (C=O) groups is 1. The summed E-state index contributed by atoms with van der Waals surface area (Å²) in [5.74, 6) is -0.911. The molecule has 0 aliphatic heterocycles. The van der Waals surface area contributed by atoms with E-state index in [0.29, 0.717) is 17.8 Å². The molecule has 2 N–H and O–H groups in total. The summed E-state index contributed by atoms with van der Waals surface area (Å²) in [4.78, 5) is 11.1. The van der Waals surface area contributed by atoms with Crippen molar-refractivity contribution in [1.82, 2.24) is 0 Å². The molecule has 0 radical (unpaired) electrons. The summed E-state index contributed by atoms with van der Waals surface area (Å²) in [6.07, 6.45) is 0. The third kappa shape index (κ3) is 3.35. The van der Waals surface area contributed by atoms with Gasteiger partial charge >= 0.3 is 5.97 Å². The largest absolute Gasteiger partial charge is 0.478 e. The number of aryl methyl sites for hydroxylation is 2. The topological polar surface area (TPSA) is 49.3 Å². The molecule has 2 aromatic carbocycles. The van der Waals surface area contributed by atoms with Gasteiger partial charge in [-0.25, -0.2) is 4.79 Å². The van der Waals surface area contributed by atoms with Crippen LogP contribution < -0.4 is 5.32 Å². The third-order valence-electron chi connectivity index (χ3n) is 3.01. The zero-order chi connectivity index (χ0) is 13.8. The van der Waals surface area contributed by atoms with E-state index in [2.05, 4.69) is 5.32 Å². The number of hydrogen-bond acceptors (Lipinski definition) is 2. The summed E-state index contributed by atoms with van der Waals surface area (Å²) in [7, 11) is 0. The van der Waals surface area contributed by atoms with E-state index in [1.165, 1.54) is 5.56 Å². The molecule has 0 saturated heterocycles. The second kappa shape index (κ2) is 5.57. The zero-order valence-corrected chi connectivity index (χ0v) is 11.1. The molecule has 0 amide bonds. The molecule has 0 saturated carbocycles. The fraction of sp³-hybridized carbons (Fsp3) is 0.188. The number of rotatable bonds is 4. The monoisotopic (exact) mass is 255 g/mol. The molecule has 19 heavy (non-hydrogen) atoms. The maximum atomic E-state index is 11.1. The van der Waals surface area contributed by atoms with Gasteiger partial charge in [0, 0.05) is 12.2 Å². The zero-order valence-electron chi connectivity index (χ0n) is 11.1. The highest BCUT2D eigenvalue weighted by Gasteiger charge is 2.09. The molecule has 2 rings (SSSR count). The molecular formula is C16H17NO2. The molecule has 0 unspecified atom stereocenters. The Kier molecular flexibility index (Phi) is 3.85. The molecule has 0 aromatic heterocycles. The number of nitrogens with one attached hydrogen (secondary N) is 1. The number of carboxylic acid groups (broad SMARTS) is 1. The van der Waals surface area contributed by atoms with Crippen LogP contribution in [0.3, 0.4) is 0 Å². The predicted octanol–water partition coefficient (Wildman–Crippen LogP) is 3.61. The molecule has 0 heterocycles. The SMILES string of the molecule is Cc1ccc(CNc2cc(C)ccc2C(=O)O)cc1. The molecule has 3 heteroatoms. The van der Waals surface area contributed by atoms with E-state index < -0.39 is 5.97 Å². The average Bonchev–Trinajstić information content (AvgIpc) is 2.38. The molecule has 0 bridgehead atoms. The number of carboxylic acids is 1. The summed E-state index contributed by atoms with van der Waals surface area (Å²) in [6.45, 7) is 4.60. The lowest BCUT2D eigenvalue weighted by Crippen LogP contribution is -2.06. The van der Waals surface area contributed by atoms with E-state index >= 15 is 0 Å². The summed E-state index contributed by atoms with van der Waals surface area (Å²) < 4.78 is 0. The van der Waals surface area contributed by atoms with Crippen molar-refractivity contribution in [2.45, 2.75) is 20.4 Å². The highest BCUT2D eigenvalue weighted by Crippen LogP contribution is 2.18. The van der Waals surface area contributed by atoms with Crippen molar-refractivity contribution in [2.75, 3.05) is 5.32 Å². The molecular weight excluding hydrogens is 238 g/mol. The summed E-state index contributed by atoms with van der Waals surface area (Å²) >= 11 is 0. The van der Waals surface area contributed by atoms with Gasteiger partial charge in [0.2, 0.25) is 0 Å². The Bertz CT molecular complexity index is 588. The Morgan fingerprint density at radius 1 is 1.05 bits per heavy atom. The molecule has 98 valence electrons. The maximum Gasteiger partial charge on any atom is 0.337 e. The number of benzene rings is 2. The predicted molar refractivity (Wildman–Crippen MR) is 76.6 cm³/mol. The van der Waals surface area contributed by atoms with Crippen LogP contribution in [-0.2, 0) is 6.54 Å². The maximum absolute atomic E-state index is 11.1. The van der Waals surface area contributed by atoms with Gasteiger partial charge < -0.3 is 10.4 Å². The minimum Gasteiger partial charge on any atom is -0.478 e. The molecule has 0 spiro atoms. The highest BCUT2D eigenvalue weighted by molar-refractivity contribution is 5.94. The lowest BCUT2D eigenvalue weighted by molar-refractivity contribution is 0.0698. The quantitative estimate of drug-likeness (QED) is 0.877. The molecule has 3 nitrogen and oxygen atoms in total. The number of aromatic carboxylic acids is 1. The van der Waals surface area contributed by atoms with Gasteiger partial charge in [-0.1, -0.05) is 35.9 Å². The number of anilines is 1. The molecule has 0 aliphatic carbocycles. The summed E-state index contributed by atoms with van der Waals surface area (Å²) in [5.41, 5.74) is 4.34. The Balaban J connectivity index is 2.16. The Morgan fingerprint density at radius 3 is 2.32 bits per heavy atom. The highest BCUT2D eigenvalue weighted by atomic mass is 16.4. The van der Waals surface area contributed by atoms with Crippen molar-refractivity contribution in [3.63, 3.8) is 0 Å². The van der Waals surface area contributed by atoms with Crippen LogP contribution in [0, 0.1) is 13.8 Å². The lowest BCUT2D eigenvalue weighted by atomic mass is 10.1. The van der Waals surface area contributed by atoms with E-state index in [4.69, 9.17) is 5.11 Å². The van der Waals surface area contributed by atoms with Crippen molar-refractivity contribution in [3.8, 4) is 0 Å². The van der Waals surface area contributed by atoms with E-state index in [1.807, 2.05) is 44.2 Å². The first-order chi connectivity index (χ1) is 9.06. The van der Waals surface area contributed by atoms with E-state index in [-0.39, 0.29) is 0 Å². The third-order valence-corrected chi connectivity index (χ3v) is 3.01. The van der Waals surface area contributed by atoms with Gasteiger partial charge in [-0.3, -0.25) is 0 Å². The van der Waals surface area contributed by atoms with Gasteiger partial charge in [0.15, 0.2) is 0 Å². The molecule has 0 atom stereocenters. The van der Waals surface area contributed by atoms with Crippen molar-refractivity contribution < 1.29 is 9.90 Å². The van der Waals surface area contributed by atoms with Crippen molar-refractivity contribution in [2.24, 2.45) is 0 Å². The average molecular weight is 255 g/mol. The lowest BCUT2D eigenvalue weighted by Gasteiger charge is -2.11. The first kappa shape index (κ1) is 13.1. The van der Waals surface area contributed by atoms with Crippen LogP contribution in [0.2, 0.25) is 0 Å². The minimum atomic E-state index is -0.911. The fourth-order valence-electron chi connectivity index (χ4n) is 1.89. The van der Waals surface area contributed by atoms with Crippen LogP contribution in [0.1, 0.15) is 27.0 Å². The first-order valence-corrected chi connectivity index (χ1v) is 6.19. The Morgan fingerprint density at radius 2 is 1.68 bits per heavy atom. The van der Waals surface area contributed by atoms with Crippen LogP contribution in [0.4, 0.5) is 5.69 Å². The minimum absolute atomic E-state index is 0.303. The summed E-state index contributed by atoms with van der Waals surface area (Å²) in [5, 5.41) is 12.3. The van der Waals surface area contributed by atoms with E-state index in [1.54, 1.807) is 12.1 Å². The second-order valence-electron chi connectivity index (χ2n) is 4.69. The molecule has 2 aromatic rings. The Hall–Kier alpha value is -2.29. The van der Waals surface area contributed by atoms with E-state index in [9.17, 15) is 4.79 Å². The van der Waals surface area contributed by atoms with Crippen molar-refractivity contribution >= 4 is 11.7 Å². The van der Waals surface area contributed by atoms with Crippen LogP contribution in [0.25, 0.3) is 0 Å². The fourth-order valence-corrected chi connectivity index (χ4v) is 1.89. The number of hydrogen-bond donors (Lipinski definition) is 2. The van der Waals surface area contributed by atoms with Gasteiger partial charge in [0.25, 0.3) is 0 Å². The first-order valence-electron chi connectivity index (χ1n) is 6.19. The van der Waals surface area contributed by atoms with Crippen LogP contribution in [0.5, 0.6) is 0 Å². The standard InChI is InChI=1S/C16H17NO2/c1-11-3-6-13(7-4-11)10-17-15-9-12(2)5-8-14(15)16(18)19/h3-9,17H,10H2,1-2H3,(H,18,19). The van der Waals surface area contributed by atoms with Crippen LogP contribution >= 0.6 is 0 Å². The smallest absolute Gasteiger partial charge is 0.337 e. The van der Waals surface area contributed by atoms with Crippen LogP contribution in [-0.4, -0.2) is 11.1 Å². The molecule has 0 aliphatic rings. The van der Waals surface area contributed by atoms with Crippen molar-refractivity contribution in [1.29, 1.82) is 0 Å². The van der Waals surface area contributed by atoms with Crippen LogP contribution in [0.15, 0.2) is 42.5 Å². The van der Waals surface area contributed by atoms with Crippen molar-refractivity contribution in [3.05, 3.63) is 64.7 Å². The van der Waals surface area contributed by atoms with E-state index in [0.717, 1.165) is 11.1 Å². The van der Waals surface area contributed by atoms with Gasteiger partial charge in [-0.2, -0.15) is 0 Å². The van der Waals surface area contributed by atoms with Gasteiger partial charge in [-0.15, -0.1) is 0 Å². The van der Waals surface area contributed by atoms with Gasteiger partial charge in [0.1, 0.15) is 0 Å².